The van der Waals surface area contributed by atoms with Gasteiger partial charge in [0.05, 0.1) is 0 Å². The van der Waals surface area contributed by atoms with Crippen LogP contribution in [-0.2, 0) is 6.42 Å². The van der Waals surface area contributed by atoms with Gasteiger partial charge in [-0.05, 0) is 23.3 Å². The predicted molar refractivity (Wildman–Crippen MR) is 69.8 cm³/mol. The van der Waals surface area contributed by atoms with Crippen LogP contribution in [0.15, 0.2) is 48.5 Å². The molecule has 0 aliphatic carbocycles. The first-order valence-corrected chi connectivity index (χ1v) is 4.77. The standard InChI is InChI=1S/C13H10O.H2O.H2S/c1-3-7-12-10(5-1)9-11-6-2-4-8-13(11)14-12;;/h1-8H,9H2;2*1H2. The second-order valence-electron chi connectivity index (χ2n) is 3.49. The minimum absolute atomic E-state index is 0. The molecule has 84 valence electrons. The van der Waals surface area contributed by atoms with Crippen LogP contribution in [0.3, 0.4) is 0 Å². The van der Waals surface area contributed by atoms with Crippen molar-refractivity contribution < 1.29 is 10.2 Å². The normalized spacial score (nSPS) is 11.0. The molecule has 2 N–H and O–H groups in total. The highest BCUT2D eigenvalue weighted by Gasteiger charge is 2.14. The minimum Gasteiger partial charge on any atom is -0.457 e. The van der Waals surface area contributed by atoms with Crippen molar-refractivity contribution in [3.05, 3.63) is 59.7 Å². The average molecular weight is 234 g/mol. The Morgan fingerprint density at radius 1 is 0.750 bits per heavy atom. The van der Waals surface area contributed by atoms with E-state index in [0.29, 0.717) is 0 Å². The smallest absolute Gasteiger partial charge is 0.130 e. The molecule has 1 heterocycles. The van der Waals surface area contributed by atoms with Crippen LogP contribution >= 0.6 is 13.5 Å². The Balaban J connectivity index is 0.000000640. The Morgan fingerprint density at radius 2 is 1.19 bits per heavy atom. The summed E-state index contributed by atoms with van der Waals surface area (Å²) >= 11 is 0. The maximum atomic E-state index is 5.78. The van der Waals surface area contributed by atoms with Crippen molar-refractivity contribution in [1.29, 1.82) is 0 Å². The Hall–Kier alpha value is -1.45. The van der Waals surface area contributed by atoms with Crippen LogP contribution in [0.1, 0.15) is 11.1 Å². The van der Waals surface area contributed by atoms with E-state index in [-0.39, 0.29) is 19.0 Å². The van der Waals surface area contributed by atoms with Crippen LogP contribution in [0, 0.1) is 0 Å². The van der Waals surface area contributed by atoms with E-state index in [1.165, 1.54) is 11.1 Å². The molecule has 0 amide bonds. The third-order valence-electron chi connectivity index (χ3n) is 2.55. The van der Waals surface area contributed by atoms with E-state index in [2.05, 4.69) is 24.3 Å². The molecule has 2 aromatic rings. The quantitative estimate of drug-likeness (QED) is 0.589. The Bertz CT molecular complexity index is 395. The van der Waals surface area contributed by atoms with Gasteiger partial charge in [-0.3, -0.25) is 0 Å². The topological polar surface area (TPSA) is 40.7 Å². The lowest BCUT2D eigenvalue weighted by atomic mass is 10.0. The number of ether oxygens (including phenoxy) is 1. The second kappa shape index (κ2) is 5.05. The number of hydrogen-bond acceptors (Lipinski definition) is 1. The number of hydrogen-bond donors (Lipinski definition) is 0. The van der Waals surface area contributed by atoms with Gasteiger partial charge < -0.3 is 10.2 Å². The van der Waals surface area contributed by atoms with E-state index in [1.54, 1.807) is 0 Å². The molecule has 2 nitrogen and oxygen atoms in total. The number of rotatable bonds is 0. The highest BCUT2D eigenvalue weighted by molar-refractivity contribution is 7.59. The molecular weight excluding hydrogens is 220 g/mol. The minimum atomic E-state index is 0. The van der Waals surface area contributed by atoms with Crippen LogP contribution in [0.4, 0.5) is 0 Å². The predicted octanol–water partition coefficient (Wildman–Crippen LogP) is 2.67. The fourth-order valence-electron chi connectivity index (χ4n) is 1.82. The lowest BCUT2D eigenvalue weighted by molar-refractivity contribution is 0.460. The fraction of sp³-hybridized carbons (Fsp3) is 0.0769. The van der Waals surface area contributed by atoms with Crippen molar-refractivity contribution >= 4 is 13.5 Å². The van der Waals surface area contributed by atoms with Gasteiger partial charge in [-0.15, -0.1) is 0 Å². The first kappa shape index (κ1) is 12.6. The maximum absolute atomic E-state index is 5.78. The fourth-order valence-corrected chi connectivity index (χ4v) is 1.82. The molecule has 3 rings (SSSR count). The highest BCUT2D eigenvalue weighted by atomic mass is 32.1. The Kier molecular flexibility index (Phi) is 3.99. The third kappa shape index (κ3) is 2.05. The van der Waals surface area contributed by atoms with Gasteiger partial charge in [-0.2, -0.15) is 13.5 Å². The van der Waals surface area contributed by atoms with Crippen LogP contribution < -0.4 is 4.74 Å². The summed E-state index contributed by atoms with van der Waals surface area (Å²) in [6, 6.07) is 16.4. The molecule has 0 spiro atoms. The number of benzene rings is 2. The van der Waals surface area contributed by atoms with Crippen LogP contribution in [0.2, 0.25) is 0 Å². The summed E-state index contributed by atoms with van der Waals surface area (Å²) in [5, 5.41) is 0. The van der Waals surface area contributed by atoms with Gasteiger partial charge in [-0.25, -0.2) is 0 Å². The van der Waals surface area contributed by atoms with Gasteiger partial charge in [0.1, 0.15) is 11.5 Å². The molecule has 2 aromatic carbocycles. The summed E-state index contributed by atoms with van der Waals surface area (Å²) in [4.78, 5) is 0. The Morgan fingerprint density at radius 3 is 1.69 bits per heavy atom. The number of para-hydroxylation sites is 2. The lowest BCUT2D eigenvalue weighted by Crippen LogP contribution is -2.01. The van der Waals surface area contributed by atoms with Gasteiger partial charge >= 0.3 is 0 Å². The summed E-state index contributed by atoms with van der Waals surface area (Å²) in [7, 11) is 0. The molecule has 0 bridgehead atoms. The molecule has 3 heteroatoms. The zero-order valence-electron chi connectivity index (χ0n) is 8.73. The maximum Gasteiger partial charge on any atom is 0.130 e. The van der Waals surface area contributed by atoms with E-state index < -0.39 is 0 Å². The summed E-state index contributed by atoms with van der Waals surface area (Å²) in [6.07, 6.45) is 0.979. The lowest BCUT2D eigenvalue weighted by Gasteiger charge is -2.19. The first-order valence-electron chi connectivity index (χ1n) is 4.77. The molecule has 16 heavy (non-hydrogen) atoms. The van der Waals surface area contributed by atoms with E-state index in [1.807, 2.05) is 24.3 Å². The summed E-state index contributed by atoms with van der Waals surface area (Å²) in [5.74, 6) is 1.98. The van der Waals surface area contributed by atoms with E-state index in [9.17, 15) is 0 Å². The van der Waals surface area contributed by atoms with Crippen molar-refractivity contribution in [2.45, 2.75) is 6.42 Å². The number of fused-ring (bicyclic) bond motifs is 2. The van der Waals surface area contributed by atoms with Gasteiger partial charge in [0.2, 0.25) is 0 Å². The third-order valence-corrected chi connectivity index (χ3v) is 2.55. The average Bonchev–Trinajstić information content (AvgIpc) is 2.26. The monoisotopic (exact) mass is 234 g/mol. The zero-order valence-corrected chi connectivity index (χ0v) is 9.73. The van der Waals surface area contributed by atoms with Crippen molar-refractivity contribution in [3.8, 4) is 11.5 Å². The molecule has 0 saturated heterocycles. The Labute approximate surface area is 102 Å². The van der Waals surface area contributed by atoms with Gasteiger partial charge in [0.15, 0.2) is 0 Å². The van der Waals surface area contributed by atoms with E-state index in [4.69, 9.17) is 4.74 Å². The highest BCUT2D eigenvalue weighted by Crippen LogP contribution is 2.35. The molecule has 0 radical (unpaired) electrons. The first-order chi connectivity index (χ1) is 6.93. The molecule has 0 atom stereocenters. The van der Waals surface area contributed by atoms with Crippen molar-refractivity contribution in [2.75, 3.05) is 0 Å². The molecule has 0 unspecified atom stereocenters. The van der Waals surface area contributed by atoms with Crippen LogP contribution in [0.25, 0.3) is 0 Å². The largest absolute Gasteiger partial charge is 0.457 e. The van der Waals surface area contributed by atoms with Crippen LogP contribution in [0.5, 0.6) is 11.5 Å². The molecule has 1 aliphatic heterocycles. The summed E-state index contributed by atoms with van der Waals surface area (Å²) in [6.45, 7) is 0. The summed E-state index contributed by atoms with van der Waals surface area (Å²) < 4.78 is 5.78. The second-order valence-corrected chi connectivity index (χ2v) is 3.49. The van der Waals surface area contributed by atoms with E-state index in [0.717, 1.165) is 17.9 Å². The molecule has 0 saturated carbocycles. The van der Waals surface area contributed by atoms with Gasteiger partial charge in [0.25, 0.3) is 0 Å². The SMILES string of the molecule is O.S.c1ccc2c(c1)Cc1ccccc1O2. The summed E-state index contributed by atoms with van der Waals surface area (Å²) in [5.41, 5.74) is 2.54. The van der Waals surface area contributed by atoms with Crippen molar-refractivity contribution in [1.82, 2.24) is 0 Å². The van der Waals surface area contributed by atoms with Gasteiger partial charge in [0, 0.05) is 6.42 Å². The molecular formula is C13H14O2S. The van der Waals surface area contributed by atoms with Crippen molar-refractivity contribution in [3.63, 3.8) is 0 Å². The van der Waals surface area contributed by atoms with Gasteiger partial charge in [-0.1, -0.05) is 36.4 Å². The molecule has 1 aliphatic rings. The molecule has 0 aromatic heterocycles. The van der Waals surface area contributed by atoms with Crippen molar-refractivity contribution in [2.24, 2.45) is 0 Å². The van der Waals surface area contributed by atoms with E-state index >= 15 is 0 Å². The molecule has 0 fully saturated rings. The zero-order chi connectivity index (χ0) is 9.38. The van der Waals surface area contributed by atoms with Crippen LogP contribution in [-0.4, -0.2) is 5.48 Å².